The van der Waals surface area contributed by atoms with Crippen molar-refractivity contribution in [2.75, 3.05) is 6.54 Å². The van der Waals surface area contributed by atoms with Crippen molar-refractivity contribution in [1.29, 1.82) is 0 Å². The Morgan fingerprint density at radius 3 is 2.74 bits per heavy atom. The van der Waals surface area contributed by atoms with Gasteiger partial charge in [0.05, 0.1) is 6.54 Å². The maximum atomic E-state index is 11.4. The van der Waals surface area contributed by atoms with Gasteiger partial charge in [-0.3, -0.25) is 9.48 Å². The Morgan fingerprint density at radius 1 is 1.32 bits per heavy atom. The lowest BCUT2D eigenvalue weighted by Gasteiger charge is -2.05. The predicted molar refractivity (Wildman–Crippen MR) is 67.3 cm³/mol. The van der Waals surface area contributed by atoms with E-state index in [-0.39, 0.29) is 19.0 Å². The molecule has 0 unspecified atom stereocenters. The number of hydrogen-bond acceptors (Lipinski definition) is 4. The zero-order chi connectivity index (χ0) is 14.1. The van der Waals surface area contributed by atoms with Crippen molar-refractivity contribution in [1.82, 2.24) is 25.4 Å². The SMILES string of the molecule is Cn1cnc(CNC(=O)NCCCCCC(=O)O)n1. The van der Waals surface area contributed by atoms with Crippen LogP contribution >= 0.6 is 0 Å². The normalized spacial score (nSPS) is 10.2. The van der Waals surface area contributed by atoms with Crippen LogP contribution in [-0.2, 0) is 18.4 Å². The molecule has 0 fully saturated rings. The molecule has 0 aliphatic rings. The summed E-state index contributed by atoms with van der Waals surface area (Å²) in [5.41, 5.74) is 0. The van der Waals surface area contributed by atoms with Crippen molar-refractivity contribution >= 4 is 12.0 Å². The maximum absolute atomic E-state index is 11.4. The van der Waals surface area contributed by atoms with Crippen molar-refractivity contribution in [3.63, 3.8) is 0 Å². The van der Waals surface area contributed by atoms with Crippen LogP contribution in [-0.4, -0.2) is 38.4 Å². The van der Waals surface area contributed by atoms with E-state index < -0.39 is 5.97 Å². The first-order chi connectivity index (χ1) is 9.08. The number of unbranched alkanes of at least 4 members (excludes halogenated alkanes) is 2. The van der Waals surface area contributed by atoms with Crippen LogP contribution in [0.4, 0.5) is 4.79 Å². The third-order valence-corrected chi connectivity index (χ3v) is 2.41. The van der Waals surface area contributed by atoms with E-state index in [1.54, 1.807) is 18.1 Å². The van der Waals surface area contributed by atoms with Gasteiger partial charge >= 0.3 is 12.0 Å². The number of nitrogens with one attached hydrogen (secondary N) is 2. The molecule has 0 spiro atoms. The number of aliphatic carboxylic acids is 1. The van der Waals surface area contributed by atoms with Gasteiger partial charge in [0.2, 0.25) is 0 Å². The number of urea groups is 1. The average Bonchev–Trinajstić information content (AvgIpc) is 2.76. The highest BCUT2D eigenvalue weighted by molar-refractivity contribution is 5.73. The van der Waals surface area contributed by atoms with Crippen LogP contribution in [0.15, 0.2) is 6.33 Å². The summed E-state index contributed by atoms with van der Waals surface area (Å²) in [7, 11) is 1.76. The minimum Gasteiger partial charge on any atom is -0.481 e. The Hall–Kier alpha value is -2.12. The second-order valence-electron chi connectivity index (χ2n) is 4.15. The van der Waals surface area contributed by atoms with Crippen LogP contribution in [0, 0.1) is 0 Å². The molecule has 8 heteroatoms. The summed E-state index contributed by atoms with van der Waals surface area (Å²) in [5.74, 6) is -0.229. The van der Waals surface area contributed by atoms with E-state index in [0.29, 0.717) is 18.8 Å². The first kappa shape index (κ1) is 14.9. The van der Waals surface area contributed by atoms with Gasteiger partial charge in [0.15, 0.2) is 5.82 Å². The van der Waals surface area contributed by atoms with E-state index in [1.807, 2.05) is 0 Å². The van der Waals surface area contributed by atoms with Crippen LogP contribution in [0.1, 0.15) is 31.5 Å². The molecule has 1 aromatic rings. The third-order valence-electron chi connectivity index (χ3n) is 2.41. The van der Waals surface area contributed by atoms with Gasteiger partial charge in [-0.15, -0.1) is 0 Å². The molecule has 1 rings (SSSR count). The Kier molecular flexibility index (Phi) is 6.34. The lowest BCUT2D eigenvalue weighted by molar-refractivity contribution is -0.137. The molecule has 1 aromatic heterocycles. The van der Waals surface area contributed by atoms with Gasteiger partial charge in [0.25, 0.3) is 0 Å². The number of carboxylic acid groups (broad SMARTS) is 1. The molecular formula is C11H19N5O3. The van der Waals surface area contributed by atoms with E-state index in [2.05, 4.69) is 20.7 Å². The summed E-state index contributed by atoms with van der Waals surface area (Å²) in [5, 5.41) is 17.8. The highest BCUT2D eigenvalue weighted by Crippen LogP contribution is 1.98. The summed E-state index contributed by atoms with van der Waals surface area (Å²) >= 11 is 0. The average molecular weight is 269 g/mol. The van der Waals surface area contributed by atoms with Crippen LogP contribution in [0.25, 0.3) is 0 Å². The summed E-state index contributed by atoms with van der Waals surface area (Å²) in [6.45, 7) is 0.812. The minimum absolute atomic E-state index is 0.178. The Balaban J connectivity index is 2.00. The second kappa shape index (κ2) is 8.06. The molecule has 0 aliphatic carbocycles. The molecule has 0 saturated carbocycles. The number of nitrogens with zero attached hydrogens (tertiary/aromatic N) is 3. The third kappa shape index (κ3) is 7.02. The summed E-state index contributed by atoms with van der Waals surface area (Å²) < 4.78 is 1.57. The molecule has 8 nitrogen and oxygen atoms in total. The van der Waals surface area contributed by atoms with E-state index in [1.165, 1.54) is 0 Å². The highest BCUT2D eigenvalue weighted by atomic mass is 16.4. The van der Waals surface area contributed by atoms with Crippen molar-refractivity contribution in [3.05, 3.63) is 12.2 Å². The van der Waals surface area contributed by atoms with Gasteiger partial charge in [0, 0.05) is 20.0 Å². The van der Waals surface area contributed by atoms with Crippen LogP contribution in [0.3, 0.4) is 0 Å². The number of carbonyl (C=O) groups excluding carboxylic acids is 1. The number of rotatable bonds is 8. The minimum atomic E-state index is -0.784. The molecule has 0 saturated heterocycles. The monoisotopic (exact) mass is 269 g/mol. The fourth-order valence-corrected chi connectivity index (χ4v) is 1.47. The van der Waals surface area contributed by atoms with Gasteiger partial charge in [-0.2, -0.15) is 5.10 Å². The number of carbonyl (C=O) groups is 2. The molecule has 0 aromatic carbocycles. The topological polar surface area (TPSA) is 109 Å². The van der Waals surface area contributed by atoms with Crippen LogP contribution in [0.5, 0.6) is 0 Å². The largest absolute Gasteiger partial charge is 0.481 e. The molecule has 0 radical (unpaired) electrons. The number of aryl methyl sites for hydroxylation is 1. The first-order valence-electron chi connectivity index (χ1n) is 6.16. The van der Waals surface area contributed by atoms with Crippen LogP contribution in [0.2, 0.25) is 0 Å². The van der Waals surface area contributed by atoms with Crippen molar-refractivity contribution < 1.29 is 14.7 Å². The molecule has 3 N–H and O–H groups in total. The Labute approximate surface area is 111 Å². The van der Waals surface area contributed by atoms with E-state index >= 15 is 0 Å². The number of hydrogen-bond donors (Lipinski definition) is 3. The van der Waals surface area contributed by atoms with Gasteiger partial charge in [-0.1, -0.05) is 6.42 Å². The van der Waals surface area contributed by atoms with Gasteiger partial charge < -0.3 is 15.7 Å². The molecule has 19 heavy (non-hydrogen) atoms. The summed E-state index contributed by atoms with van der Waals surface area (Å²) in [6.07, 6.45) is 3.93. The molecule has 1 heterocycles. The predicted octanol–water partition coefficient (Wildman–Crippen LogP) is 0.259. The zero-order valence-corrected chi connectivity index (χ0v) is 10.9. The lowest BCUT2D eigenvalue weighted by Crippen LogP contribution is -2.35. The number of aromatic nitrogens is 3. The van der Waals surface area contributed by atoms with Crippen molar-refractivity contribution in [3.8, 4) is 0 Å². The van der Waals surface area contributed by atoms with Gasteiger partial charge in [-0.25, -0.2) is 9.78 Å². The quantitative estimate of drug-likeness (QED) is 0.586. The molecule has 2 amide bonds. The van der Waals surface area contributed by atoms with Gasteiger partial charge in [0.1, 0.15) is 6.33 Å². The molecule has 106 valence electrons. The smallest absolute Gasteiger partial charge is 0.315 e. The van der Waals surface area contributed by atoms with Crippen molar-refractivity contribution in [2.45, 2.75) is 32.2 Å². The van der Waals surface area contributed by atoms with E-state index in [4.69, 9.17) is 5.11 Å². The molecular weight excluding hydrogens is 250 g/mol. The molecule has 0 atom stereocenters. The summed E-state index contributed by atoms with van der Waals surface area (Å²) in [6, 6.07) is -0.273. The number of carboxylic acids is 1. The van der Waals surface area contributed by atoms with Crippen LogP contribution < -0.4 is 10.6 Å². The lowest BCUT2D eigenvalue weighted by atomic mass is 10.2. The van der Waals surface area contributed by atoms with Crippen molar-refractivity contribution in [2.24, 2.45) is 7.05 Å². The van der Waals surface area contributed by atoms with E-state index in [0.717, 1.165) is 12.8 Å². The fraction of sp³-hybridized carbons (Fsp3) is 0.636. The number of amides is 2. The fourth-order valence-electron chi connectivity index (χ4n) is 1.47. The second-order valence-corrected chi connectivity index (χ2v) is 4.15. The Morgan fingerprint density at radius 2 is 2.11 bits per heavy atom. The summed E-state index contributed by atoms with van der Waals surface area (Å²) in [4.78, 5) is 25.6. The zero-order valence-electron chi connectivity index (χ0n) is 10.9. The standard InChI is InChI=1S/C11H19N5O3/c1-16-8-14-9(15-16)7-13-11(19)12-6-4-2-3-5-10(17)18/h8H,2-7H2,1H3,(H,17,18)(H2,12,13,19). The molecule has 0 aliphatic heterocycles. The maximum Gasteiger partial charge on any atom is 0.315 e. The first-order valence-corrected chi connectivity index (χ1v) is 6.16. The van der Waals surface area contributed by atoms with E-state index in [9.17, 15) is 9.59 Å². The van der Waals surface area contributed by atoms with Gasteiger partial charge in [-0.05, 0) is 12.8 Å². The Bertz CT molecular complexity index is 418. The highest BCUT2D eigenvalue weighted by Gasteiger charge is 2.03. The molecule has 0 bridgehead atoms.